The minimum atomic E-state index is -0.429. The molecule has 2 heterocycles. The zero-order chi connectivity index (χ0) is 28.9. The Bertz CT molecular complexity index is 1530. The maximum atomic E-state index is 14.3. The minimum Gasteiger partial charge on any atom is -0.494 e. The topological polar surface area (TPSA) is 80.8 Å². The first-order valence-corrected chi connectivity index (χ1v) is 15.1. The van der Waals surface area contributed by atoms with Crippen LogP contribution in [0.4, 0.5) is 4.79 Å². The van der Waals surface area contributed by atoms with Crippen molar-refractivity contribution in [1.82, 2.24) is 15.2 Å². The van der Waals surface area contributed by atoms with E-state index >= 15 is 0 Å². The number of hydrogen-bond donors (Lipinski definition) is 1. The van der Waals surface area contributed by atoms with Gasteiger partial charge in [-0.25, -0.2) is 4.79 Å². The lowest BCUT2D eigenvalue weighted by Gasteiger charge is -2.37. The van der Waals surface area contributed by atoms with Crippen LogP contribution in [0, 0.1) is 6.92 Å². The van der Waals surface area contributed by atoms with Gasteiger partial charge in [-0.1, -0.05) is 41.9 Å². The molecule has 2 aromatic heterocycles. The highest BCUT2D eigenvalue weighted by Gasteiger charge is 2.33. The maximum absolute atomic E-state index is 14.3. The first-order valence-electron chi connectivity index (χ1n) is 13.9. The number of nitrogens with zero attached hydrogens (tertiary/aromatic N) is 2. The second-order valence-electron chi connectivity index (χ2n) is 10.2. The van der Waals surface area contributed by atoms with Crippen molar-refractivity contribution in [3.63, 3.8) is 0 Å². The number of rotatable bonds is 8. The van der Waals surface area contributed by atoms with E-state index in [4.69, 9.17) is 21.1 Å². The van der Waals surface area contributed by atoms with E-state index in [0.717, 1.165) is 38.2 Å². The van der Waals surface area contributed by atoms with Gasteiger partial charge in [0, 0.05) is 52.7 Å². The third-order valence-electron chi connectivity index (χ3n) is 7.50. The number of nitrogens with one attached hydrogen (secondary N) is 1. The van der Waals surface area contributed by atoms with Gasteiger partial charge >= 0.3 is 6.09 Å². The Labute approximate surface area is 249 Å². The number of fused-ring (bicyclic) bond motifs is 1. The lowest BCUT2D eigenvalue weighted by atomic mass is 9.91. The van der Waals surface area contributed by atoms with E-state index in [0.29, 0.717) is 48.7 Å². The molecule has 7 nitrogen and oxygen atoms in total. The second kappa shape index (κ2) is 12.9. The average molecular weight is 592 g/mol. The van der Waals surface area contributed by atoms with E-state index in [9.17, 15) is 9.59 Å². The van der Waals surface area contributed by atoms with E-state index in [2.05, 4.69) is 22.4 Å². The Morgan fingerprint density at radius 1 is 1.07 bits per heavy atom. The fourth-order valence-corrected chi connectivity index (χ4v) is 6.80. The molecule has 0 unspecified atom stereocenters. The van der Waals surface area contributed by atoms with Crippen molar-refractivity contribution in [3.8, 4) is 16.9 Å². The standard InChI is InChI=1S/C32H34ClN3O4S/c1-4-39-27-16-11-21(22-10-9-20(2)35-18-22)17-23(27)19-36(24-12-14-25(15-13-24)40-32(38)34-3)31(37)30-29(33)26-7-5-6-8-28(26)41-30/h5-11,16-18,24-25H,4,12-15,19H2,1-3H3,(H,34,38). The largest absolute Gasteiger partial charge is 0.494 e. The molecule has 0 saturated heterocycles. The number of carbonyl (C=O) groups is 2. The van der Waals surface area contributed by atoms with Crippen molar-refractivity contribution in [2.75, 3.05) is 13.7 Å². The molecule has 0 atom stereocenters. The van der Waals surface area contributed by atoms with Crippen molar-refractivity contribution in [1.29, 1.82) is 0 Å². The number of pyridine rings is 1. The number of thiophene rings is 1. The van der Waals surface area contributed by atoms with Gasteiger partial charge in [-0.3, -0.25) is 9.78 Å². The fourth-order valence-electron chi connectivity index (χ4n) is 5.33. The van der Waals surface area contributed by atoms with Crippen LogP contribution >= 0.6 is 22.9 Å². The lowest BCUT2D eigenvalue weighted by molar-refractivity contribution is 0.0381. The van der Waals surface area contributed by atoms with E-state index in [1.807, 2.05) is 67.4 Å². The van der Waals surface area contributed by atoms with Gasteiger partial charge in [0.2, 0.25) is 0 Å². The van der Waals surface area contributed by atoms with Crippen molar-refractivity contribution in [3.05, 3.63) is 82.0 Å². The zero-order valence-corrected chi connectivity index (χ0v) is 25.1. The van der Waals surface area contributed by atoms with Crippen LogP contribution in [0.5, 0.6) is 5.75 Å². The van der Waals surface area contributed by atoms with Crippen molar-refractivity contribution >= 4 is 45.0 Å². The molecule has 1 N–H and O–H groups in total. The van der Waals surface area contributed by atoms with Gasteiger partial charge in [-0.2, -0.15) is 0 Å². The summed E-state index contributed by atoms with van der Waals surface area (Å²) in [6.45, 7) is 4.79. The lowest BCUT2D eigenvalue weighted by Crippen LogP contribution is -2.43. The highest BCUT2D eigenvalue weighted by molar-refractivity contribution is 7.21. The minimum absolute atomic E-state index is 0.0486. The highest BCUT2D eigenvalue weighted by atomic mass is 35.5. The number of ether oxygens (including phenoxy) is 2. The Balaban J connectivity index is 1.50. The van der Waals surface area contributed by atoms with Gasteiger partial charge in [-0.15, -0.1) is 11.3 Å². The maximum Gasteiger partial charge on any atom is 0.407 e. The van der Waals surface area contributed by atoms with Crippen LogP contribution in [-0.4, -0.2) is 47.7 Å². The molecule has 0 bridgehead atoms. The number of aromatic nitrogens is 1. The first-order chi connectivity index (χ1) is 19.9. The van der Waals surface area contributed by atoms with Gasteiger partial charge in [0.15, 0.2) is 0 Å². The van der Waals surface area contributed by atoms with Crippen LogP contribution in [0.3, 0.4) is 0 Å². The number of amides is 2. The molecule has 9 heteroatoms. The summed E-state index contributed by atoms with van der Waals surface area (Å²) in [5.74, 6) is 0.643. The molecule has 0 spiro atoms. The molecule has 41 heavy (non-hydrogen) atoms. The molecule has 214 valence electrons. The number of alkyl carbamates (subject to hydrolysis) is 1. The number of halogens is 1. The summed E-state index contributed by atoms with van der Waals surface area (Å²) in [7, 11) is 1.56. The van der Waals surface area contributed by atoms with Crippen LogP contribution in [0.15, 0.2) is 60.8 Å². The third kappa shape index (κ3) is 6.49. The molecule has 2 amide bonds. The molecule has 1 saturated carbocycles. The van der Waals surface area contributed by atoms with Crippen LogP contribution in [0.25, 0.3) is 21.2 Å². The van der Waals surface area contributed by atoms with Gasteiger partial charge < -0.3 is 19.7 Å². The van der Waals surface area contributed by atoms with Crippen LogP contribution in [0.1, 0.15) is 53.5 Å². The third-order valence-corrected chi connectivity index (χ3v) is 9.16. The summed E-state index contributed by atoms with van der Waals surface area (Å²) in [5.41, 5.74) is 3.87. The fraction of sp³-hybridized carbons (Fsp3) is 0.344. The molecular weight excluding hydrogens is 558 g/mol. The van der Waals surface area contributed by atoms with Crippen molar-refractivity contribution in [2.45, 2.75) is 58.2 Å². The van der Waals surface area contributed by atoms with E-state index in [1.165, 1.54) is 11.3 Å². The quantitative estimate of drug-likeness (QED) is 0.228. The van der Waals surface area contributed by atoms with Crippen LogP contribution in [-0.2, 0) is 11.3 Å². The number of hydrogen-bond acceptors (Lipinski definition) is 6. The van der Waals surface area contributed by atoms with E-state index in [1.54, 1.807) is 7.05 Å². The Morgan fingerprint density at radius 2 is 1.83 bits per heavy atom. The van der Waals surface area contributed by atoms with Gasteiger partial charge in [-0.05, 0) is 69.4 Å². The number of aryl methyl sites for hydroxylation is 1. The van der Waals surface area contributed by atoms with Crippen molar-refractivity contribution in [2.24, 2.45) is 0 Å². The summed E-state index contributed by atoms with van der Waals surface area (Å²) >= 11 is 8.22. The molecule has 1 aliphatic carbocycles. The van der Waals surface area contributed by atoms with E-state index in [-0.39, 0.29) is 18.1 Å². The van der Waals surface area contributed by atoms with E-state index < -0.39 is 6.09 Å². The normalized spacial score (nSPS) is 16.8. The first kappa shape index (κ1) is 28.9. The van der Waals surface area contributed by atoms with Crippen LogP contribution in [0.2, 0.25) is 5.02 Å². The Morgan fingerprint density at radius 3 is 2.51 bits per heavy atom. The number of benzene rings is 2. The average Bonchev–Trinajstić information content (AvgIpc) is 3.33. The summed E-state index contributed by atoms with van der Waals surface area (Å²) in [6, 6.07) is 17.9. The smallest absolute Gasteiger partial charge is 0.407 e. The predicted octanol–water partition coefficient (Wildman–Crippen LogP) is 7.63. The summed E-state index contributed by atoms with van der Waals surface area (Å²) in [5, 5.41) is 3.89. The second-order valence-corrected chi connectivity index (χ2v) is 11.6. The predicted molar refractivity (Wildman–Crippen MR) is 164 cm³/mol. The molecule has 4 aromatic rings. The Hall–Kier alpha value is -3.62. The van der Waals surface area contributed by atoms with Gasteiger partial charge in [0.1, 0.15) is 16.7 Å². The summed E-state index contributed by atoms with van der Waals surface area (Å²) in [6.07, 6.45) is 4.03. The van der Waals surface area contributed by atoms with Crippen LogP contribution < -0.4 is 10.1 Å². The molecule has 2 aromatic carbocycles. The molecular formula is C32H34ClN3O4S. The number of carbonyl (C=O) groups excluding carboxylic acids is 2. The summed E-state index contributed by atoms with van der Waals surface area (Å²) in [4.78, 5) is 33.0. The molecule has 1 fully saturated rings. The SMILES string of the molecule is CCOc1ccc(-c2ccc(C)nc2)cc1CN(C(=O)c1sc2ccccc2c1Cl)C1CCC(OC(=O)NC)CC1. The van der Waals surface area contributed by atoms with Gasteiger partial charge in [0.05, 0.1) is 11.6 Å². The Kier molecular flexibility index (Phi) is 9.10. The highest BCUT2D eigenvalue weighted by Crippen LogP contribution is 2.38. The molecule has 0 radical (unpaired) electrons. The summed E-state index contributed by atoms with van der Waals surface area (Å²) < 4.78 is 12.5. The molecule has 5 rings (SSSR count). The monoisotopic (exact) mass is 591 g/mol. The van der Waals surface area contributed by atoms with Gasteiger partial charge in [0.25, 0.3) is 5.91 Å². The molecule has 0 aliphatic heterocycles. The molecule has 1 aliphatic rings. The zero-order valence-electron chi connectivity index (χ0n) is 23.5. The van der Waals surface area contributed by atoms with Crippen molar-refractivity contribution < 1.29 is 19.1 Å².